The Morgan fingerprint density at radius 2 is 1.69 bits per heavy atom. The molecular weight excluding hydrogens is 370 g/mol. The molecule has 3 aromatic rings. The van der Waals surface area contributed by atoms with Gasteiger partial charge in [-0.1, -0.05) is 24.3 Å². The van der Waals surface area contributed by atoms with Crippen molar-refractivity contribution < 1.29 is 14.7 Å². The Balaban J connectivity index is 1.61. The van der Waals surface area contributed by atoms with E-state index < -0.39 is 11.9 Å². The molecule has 8 nitrogen and oxygen atoms in total. The van der Waals surface area contributed by atoms with Crippen LogP contribution in [0.4, 0.5) is 0 Å². The standard InChI is InChI=1S/C21H23N5O3/c22-20(28)16-5-1-14(2-6-16)11-25-21(29)19(9-17-12-23-13-26-17)24-10-15-3-7-18(27)8-4-15/h1-8,12-13,19,24,27H,9-11H2,(H2,22,28)(H,23,26)(H,25,29). The van der Waals surface area contributed by atoms with Gasteiger partial charge in [0.05, 0.1) is 12.4 Å². The first-order chi connectivity index (χ1) is 14.0. The van der Waals surface area contributed by atoms with E-state index in [1.807, 2.05) is 0 Å². The van der Waals surface area contributed by atoms with Crippen LogP contribution in [0, 0.1) is 0 Å². The van der Waals surface area contributed by atoms with Crippen LogP contribution in [-0.4, -0.2) is 32.9 Å². The Morgan fingerprint density at radius 1 is 1.03 bits per heavy atom. The number of hydrogen-bond donors (Lipinski definition) is 5. The van der Waals surface area contributed by atoms with Gasteiger partial charge in [-0.15, -0.1) is 0 Å². The fourth-order valence-corrected chi connectivity index (χ4v) is 2.83. The highest BCUT2D eigenvalue weighted by Crippen LogP contribution is 2.10. The van der Waals surface area contributed by atoms with Gasteiger partial charge in [-0.3, -0.25) is 9.59 Å². The molecule has 0 aliphatic heterocycles. The summed E-state index contributed by atoms with van der Waals surface area (Å²) in [5, 5.41) is 15.6. The fourth-order valence-electron chi connectivity index (χ4n) is 2.83. The summed E-state index contributed by atoms with van der Waals surface area (Å²) < 4.78 is 0. The molecule has 6 N–H and O–H groups in total. The lowest BCUT2D eigenvalue weighted by Crippen LogP contribution is -2.45. The number of carbonyl (C=O) groups excluding carboxylic acids is 2. The van der Waals surface area contributed by atoms with Gasteiger partial charge in [0.2, 0.25) is 11.8 Å². The number of imidazole rings is 1. The number of hydrogen-bond acceptors (Lipinski definition) is 5. The average molecular weight is 393 g/mol. The van der Waals surface area contributed by atoms with Crippen molar-refractivity contribution in [3.05, 3.63) is 83.4 Å². The number of benzene rings is 2. The van der Waals surface area contributed by atoms with Gasteiger partial charge < -0.3 is 26.5 Å². The molecular formula is C21H23N5O3. The van der Waals surface area contributed by atoms with Crippen LogP contribution < -0.4 is 16.4 Å². The molecule has 0 fully saturated rings. The first-order valence-corrected chi connectivity index (χ1v) is 9.16. The van der Waals surface area contributed by atoms with Crippen LogP contribution in [0.1, 0.15) is 27.2 Å². The number of phenols is 1. The minimum absolute atomic E-state index is 0.155. The Kier molecular flexibility index (Phi) is 6.59. The SMILES string of the molecule is NC(=O)c1ccc(CNC(=O)C(Cc2cnc[nH]2)NCc2ccc(O)cc2)cc1. The van der Waals surface area contributed by atoms with E-state index in [1.54, 1.807) is 61.1 Å². The summed E-state index contributed by atoms with van der Waals surface area (Å²) in [6.45, 7) is 0.804. The molecule has 0 saturated heterocycles. The van der Waals surface area contributed by atoms with Crippen LogP contribution in [0.25, 0.3) is 0 Å². The minimum atomic E-state index is -0.487. The van der Waals surface area contributed by atoms with Gasteiger partial charge in [0.15, 0.2) is 0 Å². The van der Waals surface area contributed by atoms with Crippen LogP contribution in [0.15, 0.2) is 61.1 Å². The minimum Gasteiger partial charge on any atom is -0.508 e. The van der Waals surface area contributed by atoms with Gasteiger partial charge in [0, 0.05) is 37.0 Å². The third kappa shape index (κ3) is 5.91. The summed E-state index contributed by atoms with van der Waals surface area (Å²) in [7, 11) is 0. The number of aromatic amines is 1. The van der Waals surface area contributed by atoms with Crippen LogP contribution in [0.5, 0.6) is 5.75 Å². The number of nitrogens with two attached hydrogens (primary N) is 1. The summed E-state index contributed by atoms with van der Waals surface area (Å²) in [5.41, 5.74) is 8.32. The Labute approximate surface area is 168 Å². The monoisotopic (exact) mass is 393 g/mol. The number of carbonyl (C=O) groups is 2. The largest absolute Gasteiger partial charge is 0.508 e. The molecule has 8 heteroatoms. The zero-order valence-corrected chi connectivity index (χ0v) is 15.8. The van der Waals surface area contributed by atoms with E-state index in [0.29, 0.717) is 25.1 Å². The van der Waals surface area contributed by atoms with Crippen molar-refractivity contribution >= 4 is 11.8 Å². The number of phenolic OH excluding ortho intramolecular Hbond substituents is 1. The van der Waals surface area contributed by atoms with Gasteiger partial charge >= 0.3 is 0 Å². The maximum Gasteiger partial charge on any atom is 0.248 e. The Bertz CT molecular complexity index is 937. The molecule has 1 heterocycles. The van der Waals surface area contributed by atoms with Gasteiger partial charge in [-0.25, -0.2) is 4.98 Å². The number of H-pyrrole nitrogens is 1. The summed E-state index contributed by atoms with van der Waals surface area (Å²) in [5.74, 6) is -0.446. The van der Waals surface area contributed by atoms with E-state index in [0.717, 1.165) is 16.8 Å². The normalized spacial score (nSPS) is 11.7. The third-order valence-corrected chi connectivity index (χ3v) is 4.49. The summed E-state index contributed by atoms with van der Waals surface area (Å²) >= 11 is 0. The number of aromatic hydroxyl groups is 1. The number of aromatic nitrogens is 2. The molecule has 2 amide bonds. The molecule has 29 heavy (non-hydrogen) atoms. The first-order valence-electron chi connectivity index (χ1n) is 9.16. The molecule has 3 rings (SSSR count). The zero-order valence-electron chi connectivity index (χ0n) is 15.8. The number of rotatable bonds is 9. The van der Waals surface area contributed by atoms with Crippen molar-refractivity contribution in [2.45, 2.75) is 25.6 Å². The van der Waals surface area contributed by atoms with Crippen LogP contribution in [0.2, 0.25) is 0 Å². The third-order valence-electron chi connectivity index (χ3n) is 4.49. The Hall–Kier alpha value is -3.65. The molecule has 0 saturated carbocycles. The van der Waals surface area contributed by atoms with Crippen molar-refractivity contribution in [1.82, 2.24) is 20.6 Å². The molecule has 2 aromatic carbocycles. The number of nitrogens with zero attached hydrogens (tertiary/aromatic N) is 1. The highest BCUT2D eigenvalue weighted by atomic mass is 16.3. The zero-order chi connectivity index (χ0) is 20.6. The predicted molar refractivity (Wildman–Crippen MR) is 108 cm³/mol. The lowest BCUT2D eigenvalue weighted by Gasteiger charge is -2.18. The lowest BCUT2D eigenvalue weighted by atomic mass is 10.1. The molecule has 1 atom stereocenters. The molecule has 0 bridgehead atoms. The summed E-state index contributed by atoms with van der Waals surface area (Å²) in [6, 6.07) is 13.1. The van der Waals surface area contributed by atoms with E-state index in [4.69, 9.17) is 5.73 Å². The highest BCUT2D eigenvalue weighted by Gasteiger charge is 2.19. The maximum atomic E-state index is 12.8. The molecule has 150 valence electrons. The number of amides is 2. The average Bonchev–Trinajstić information content (AvgIpc) is 3.24. The number of nitrogens with one attached hydrogen (secondary N) is 3. The summed E-state index contributed by atoms with van der Waals surface area (Å²) in [4.78, 5) is 30.9. The maximum absolute atomic E-state index is 12.8. The highest BCUT2D eigenvalue weighted by molar-refractivity contribution is 5.92. The van der Waals surface area contributed by atoms with Crippen molar-refractivity contribution in [1.29, 1.82) is 0 Å². The van der Waals surface area contributed by atoms with Crippen LogP contribution in [0.3, 0.4) is 0 Å². The second-order valence-electron chi connectivity index (χ2n) is 6.66. The second-order valence-corrected chi connectivity index (χ2v) is 6.66. The van der Waals surface area contributed by atoms with Gasteiger partial charge in [0.25, 0.3) is 0 Å². The van der Waals surface area contributed by atoms with Crippen molar-refractivity contribution in [2.75, 3.05) is 0 Å². The fraction of sp³-hybridized carbons (Fsp3) is 0.190. The van der Waals surface area contributed by atoms with Crippen LogP contribution in [-0.2, 0) is 24.3 Å². The van der Waals surface area contributed by atoms with Gasteiger partial charge in [-0.2, -0.15) is 0 Å². The first kappa shape index (κ1) is 20.1. The van der Waals surface area contributed by atoms with E-state index in [9.17, 15) is 14.7 Å². The van der Waals surface area contributed by atoms with E-state index in [-0.39, 0.29) is 11.7 Å². The van der Waals surface area contributed by atoms with E-state index in [1.165, 1.54) is 0 Å². The molecule has 1 unspecified atom stereocenters. The van der Waals surface area contributed by atoms with E-state index >= 15 is 0 Å². The Morgan fingerprint density at radius 3 is 2.31 bits per heavy atom. The second kappa shape index (κ2) is 9.52. The lowest BCUT2D eigenvalue weighted by molar-refractivity contribution is -0.123. The predicted octanol–water partition coefficient (Wildman–Crippen LogP) is 1.23. The van der Waals surface area contributed by atoms with Crippen molar-refractivity contribution in [3.8, 4) is 5.75 Å². The molecule has 0 radical (unpaired) electrons. The molecule has 1 aromatic heterocycles. The number of primary amides is 1. The molecule has 0 aliphatic rings. The van der Waals surface area contributed by atoms with Crippen LogP contribution >= 0.6 is 0 Å². The van der Waals surface area contributed by atoms with Crippen molar-refractivity contribution in [3.63, 3.8) is 0 Å². The topological polar surface area (TPSA) is 133 Å². The molecule has 0 spiro atoms. The summed E-state index contributed by atoms with van der Waals surface area (Å²) in [6.07, 6.45) is 3.71. The quantitative estimate of drug-likeness (QED) is 0.373. The molecule has 0 aliphatic carbocycles. The smallest absolute Gasteiger partial charge is 0.248 e. The van der Waals surface area contributed by atoms with Gasteiger partial charge in [-0.05, 0) is 35.4 Å². The van der Waals surface area contributed by atoms with E-state index in [2.05, 4.69) is 20.6 Å². The van der Waals surface area contributed by atoms with Gasteiger partial charge in [0.1, 0.15) is 5.75 Å². The van der Waals surface area contributed by atoms with Crippen molar-refractivity contribution in [2.24, 2.45) is 5.73 Å².